The smallest absolute Gasteiger partial charge is 0.348 e. The van der Waals surface area contributed by atoms with Crippen LogP contribution < -0.4 is 4.90 Å². The van der Waals surface area contributed by atoms with Gasteiger partial charge in [-0.1, -0.05) is 32.9 Å². The number of aliphatic carboxylic acids is 1. The number of esters is 1. The number of hydrogen-bond acceptors (Lipinski definition) is 6. The number of anilines is 1. The number of hydrogen-bond donors (Lipinski definition) is 1. The fourth-order valence-corrected chi connectivity index (χ4v) is 3.16. The Hall–Kier alpha value is -3.00. The molecule has 1 aromatic carbocycles. The minimum absolute atomic E-state index is 0.0255. The van der Waals surface area contributed by atoms with E-state index in [2.05, 4.69) is 4.98 Å². The Morgan fingerprint density at radius 1 is 1.34 bits per heavy atom. The molecule has 29 heavy (non-hydrogen) atoms. The minimum atomic E-state index is -1.71. The van der Waals surface area contributed by atoms with Crippen molar-refractivity contribution in [3.8, 4) is 0 Å². The van der Waals surface area contributed by atoms with Gasteiger partial charge in [0.2, 0.25) is 6.10 Å². The number of carboxylic acids is 1. The molecule has 0 spiro atoms. The first-order valence-electron chi connectivity index (χ1n) is 9.36. The topological polar surface area (TPSA) is 106 Å². The van der Waals surface area contributed by atoms with Crippen molar-refractivity contribution in [3.63, 3.8) is 0 Å². The average Bonchev–Trinajstić information content (AvgIpc) is 2.64. The molecule has 1 fully saturated rings. The first-order chi connectivity index (χ1) is 13.7. The summed E-state index contributed by atoms with van der Waals surface area (Å²) in [5.74, 6) is -2.68. The maximum atomic E-state index is 13.0. The van der Waals surface area contributed by atoms with E-state index in [9.17, 15) is 19.5 Å². The number of amides is 1. The van der Waals surface area contributed by atoms with Gasteiger partial charge in [0.05, 0.1) is 18.5 Å². The second-order valence-electron chi connectivity index (χ2n) is 8.15. The summed E-state index contributed by atoms with van der Waals surface area (Å²) >= 11 is 0. The van der Waals surface area contributed by atoms with Gasteiger partial charge in [0, 0.05) is 23.8 Å². The Labute approximate surface area is 168 Å². The lowest BCUT2D eigenvalue weighted by Gasteiger charge is -2.34. The lowest BCUT2D eigenvalue weighted by atomic mass is 9.92. The first-order valence-corrected chi connectivity index (χ1v) is 9.36. The van der Waals surface area contributed by atoms with Crippen LogP contribution in [-0.4, -0.2) is 53.3 Å². The second kappa shape index (κ2) is 8.16. The summed E-state index contributed by atoms with van der Waals surface area (Å²) in [4.78, 5) is 42.6. The molecule has 0 unspecified atom stereocenters. The Kier molecular flexibility index (Phi) is 5.83. The number of rotatable bonds is 5. The summed E-state index contributed by atoms with van der Waals surface area (Å²) in [7, 11) is 0. The summed E-state index contributed by atoms with van der Waals surface area (Å²) in [5.41, 5.74) is 0.925. The molecule has 1 saturated heterocycles. The van der Waals surface area contributed by atoms with Crippen molar-refractivity contribution in [1.82, 2.24) is 4.98 Å². The van der Waals surface area contributed by atoms with Crippen LogP contribution in [0.4, 0.5) is 5.69 Å². The van der Waals surface area contributed by atoms with E-state index in [0.717, 1.165) is 5.39 Å². The predicted octanol–water partition coefficient (Wildman–Crippen LogP) is 2.40. The molecule has 0 aliphatic carbocycles. The van der Waals surface area contributed by atoms with Gasteiger partial charge in [-0.15, -0.1) is 0 Å². The molecule has 0 saturated carbocycles. The third-order valence-corrected chi connectivity index (χ3v) is 4.47. The zero-order valence-corrected chi connectivity index (χ0v) is 16.6. The molecule has 0 bridgehead atoms. The van der Waals surface area contributed by atoms with Gasteiger partial charge in [0.25, 0.3) is 5.91 Å². The van der Waals surface area contributed by atoms with Gasteiger partial charge in [-0.2, -0.15) is 0 Å². The van der Waals surface area contributed by atoms with Crippen molar-refractivity contribution in [1.29, 1.82) is 0 Å². The molecule has 3 rings (SSSR count). The molecule has 2 heterocycles. The molecule has 1 aliphatic rings. The van der Waals surface area contributed by atoms with Crippen molar-refractivity contribution in [2.24, 2.45) is 5.41 Å². The van der Waals surface area contributed by atoms with E-state index in [4.69, 9.17) is 9.47 Å². The zero-order chi connectivity index (χ0) is 21.2. The molecule has 8 heteroatoms. The number of aromatic nitrogens is 1. The molecule has 1 N–H and O–H groups in total. The molecule has 8 nitrogen and oxygen atoms in total. The number of benzene rings is 1. The van der Waals surface area contributed by atoms with Crippen LogP contribution >= 0.6 is 0 Å². The van der Waals surface area contributed by atoms with Gasteiger partial charge in [-0.05, 0) is 23.6 Å². The molecule has 1 amide bonds. The van der Waals surface area contributed by atoms with Gasteiger partial charge >= 0.3 is 11.9 Å². The number of fused-ring (bicyclic) bond motifs is 1. The second-order valence-corrected chi connectivity index (χ2v) is 8.15. The van der Waals surface area contributed by atoms with Crippen molar-refractivity contribution in [2.45, 2.75) is 39.4 Å². The number of carboxylic acid groups (broad SMARTS) is 1. The fraction of sp³-hybridized carbons (Fsp3) is 0.429. The lowest BCUT2D eigenvalue weighted by molar-refractivity contribution is -0.179. The summed E-state index contributed by atoms with van der Waals surface area (Å²) < 4.78 is 10.5. The predicted molar refractivity (Wildman–Crippen MR) is 105 cm³/mol. The standard InChI is InChI=1S/C21H24N2O6/c1-21(2,3)12-16(24)29-18(20(26)27)17-19(25)23(9-10-28-17)14-7-6-13-5-4-8-22-15(13)11-14/h4-8,11,17-18H,9-10,12H2,1-3H3,(H,26,27)/t17-,18-/m1/s1. The van der Waals surface area contributed by atoms with Crippen LogP contribution in [0.25, 0.3) is 10.9 Å². The highest BCUT2D eigenvalue weighted by Crippen LogP contribution is 2.26. The van der Waals surface area contributed by atoms with E-state index in [1.54, 1.807) is 18.3 Å². The molecule has 1 aliphatic heterocycles. The van der Waals surface area contributed by atoms with Crippen LogP contribution in [0, 0.1) is 5.41 Å². The summed E-state index contributed by atoms with van der Waals surface area (Å²) in [6.07, 6.45) is -1.44. The third kappa shape index (κ3) is 4.89. The van der Waals surface area contributed by atoms with E-state index < -0.39 is 30.1 Å². The largest absolute Gasteiger partial charge is 0.478 e. The molecule has 2 atom stereocenters. The van der Waals surface area contributed by atoms with Crippen LogP contribution in [0.5, 0.6) is 0 Å². The maximum Gasteiger partial charge on any atom is 0.348 e. The Morgan fingerprint density at radius 3 is 2.79 bits per heavy atom. The quantitative estimate of drug-likeness (QED) is 0.768. The molecule has 1 aromatic heterocycles. The Balaban J connectivity index is 1.82. The fourth-order valence-electron chi connectivity index (χ4n) is 3.16. The van der Waals surface area contributed by atoms with Crippen molar-refractivity contribution in [3.05, 3.63) is 36.5 Å². The first kappa shape index (κ1) is 20.7. The summed E-state index contributed by atoms with van der Waals surface area (Å²) in [6.45, 7) is 5.89. The third-order valence-electron chi connectivity index (χ3n) is 4.47. The van der Waals surface area contributed by atoms with Gasteiger partial charge in [0.15, 0.2) is 6.10 Å². The highest BCUT2D eigenvalue weighted by atomic mass is 16.6. The van der Waals surface area contributed by atoms with E-state index in [0.29, 0.717) is 11.2 Å². The Bertz CT molecular complexity index is 936. The van der Waals surface area contributed by atoms with Crippen LogP contribution in [0.2, 0.25) is 0 Å². The zero-order valence-electron chi connectivity index (χ0n) is 16.6. The molecule has 154 valence electrons. The lowest BCUT2D eigenvalue weighted by Crippen LogP contribution is -2.55. The number of morpholine rings is 1. The summed E-state index contributed by atoms with van der Waals surface area (Å²) in [5, 5.41) is 10.5. The van der Waals surface area contributed by atoms with Crippen LogP contribution in [0.1, 0.15) is 27.2 Å². The molecule has 0 radical (unpaired) electrons. The average molecular weight is 400 g/mol. The molecular formula is C21H24N2O6. The van der Waals surface area contributed by atoms with Gasteiger partial charge in [-0.3, -0.25) is 14.6 Å². The SMILES string of the molecule is CC(C)(C)CC(=O)O[C@@H](C(=O)O)[C@H]1OCCN(c2ccc3cccnc3c2)C1=O. The van der Waals surface area contributed by atoms with E-state index in [1.165, 1.54) is 4.90 Å². The minimum Gasteiger partial charge on any atom is -0.478 e. The van der Waals surface area contributed by atoms with E-state index >= 15 is 0 Å². The van der Waals surface area contributed by atoms with Gasteiger partial charge in [-0.25, -0.2) is 4.79 Å². The number of nitrogens with zero attached hydrogens (tertiary/aromatic N) is 2. The van der Waals surface area contributed by atoms with Crippen molar-refractivity contribution in [2.75, 3.05) is 18.1 Å². The van der Waals surface area contributed by atoms with Crippen LogP contribution in [0.3, 0.4) is 0 Å². The van der Waals surface area contributed by atoms with Crippen molar-refractivity contribution < 1.29 is 29.0 Å². The highest BCUT2D eigenvalue weighted by Gasteiger charge is 2.43. The van der Waals surface area contributed by atoms with Crippen LogP contribution in [-0.2, 0) is 23.9 Å². The van der Waals surface area contributed by atoms with Gasteiger partial charge in [0.1, 0.15) is 0 Å². The summed E-state index contributed by atoms with van der Waals surface area (Å²) in [6, 6.07) is 9.10. The molecular weight excluding hydrogens is 376 g/mol. The normalized spacial score (nSPS) is 18.5. The maximum absolute atomic E-state index is 13.0. The van der Waals surface area contributed by atoms with Gasteiger partial charge < -0.3 is 19.5 Å². The van der Waals surface area contributed by atoms with Crippen LogP contribution in [0.15, 0.2) is 36.5 Å². The molecule has 2 aromatic rings. The number of pyridine rings is 1. The number of ether oxygens (including phenoxy) is 2. The van der Waals surface area contributed by atoms with E-state index in [1.807, 2.05) is 39.0 Å². The monoisotopic (exact) mass is 400 g/mol. The van der Waals surface area contributed by atoms with E-state index in [-0.39, 0.29) is 25.0 Å². The number of carbonyl (C=O) groups is 3. The number of carbonyl (C=O) groups excluding carboxylic acids is 2. The van der Waals surface area contributed by atoms with Crippen molar-refractivity contribution >= 4 is 34.4 Å². The highest BCUT2D eigenvalue weighted by molar-refractivity contribution is 6.01. The Morgan fingerprint density at radius 2 is 2.10 bits per heavy atom.